The van der Waals surface area contributed by atoms with Gasteiger partial charge in [-0.05, 0) is 50.2 Å². The molecule has 1 atom stereocenters. The molecule has 0 saturated heterocycles. The van der Waals surface area contributed by atoms with Crippen molar-refractivity contribution in [3.05, 3.63) is 52.6 Å². The number of allylic oxidation sites excluding steroid dienone is 1. The van der Waals surface area contributed by atoms with Crippen LogP contribution in [0.15, 0.2) is 30.9 Å². The van der Waals surface area contributed by atoms with Gasteiger partial charge in [0.2, 0.25) is 0 Å². The standard InChI is InChI=1S/C15H19N3OS/c1-5-9-18-14(16-17-15(18)20)12(4)19-13-8-6-7-10(2)11(13)3/h5-8,12H,1,9H2,2-4H3,(H,17,20)/t12-/m0/s1. The average Bonchev–Trinajstić information content (AvgIpc) is 2.77. The molecule has 0 bridgehead atoms. The Balaban J connectivity index is 2.28. The van der Waals surface area contributed by atoms with E-state index in [9.17, 15) is 0 Å². The first-order valence-corrected chi connectivity index (χ1v) is 6.94. The van der Waals surface area contributed by atoms with Crippen molar-refractivity contribution in [1.82, 2.24) is 14.8 Å². The minimum atomic E-state index is -0.191. The van der Waals surface area contributed by atoms with Crippen molar-refractivity contribution in [2.24, 2.45) is 0 Å². The summed E-state index contributed by atoms with van der Waals surface area (Å²) in [6.07, 6.45) is 1.60. The fourth-order valence-electron chi connectivity index (χ4n) is 2.04. The molecule has 0 spiro atoms. The monoisotopic (exact) mass is 289 g/mol. The third-order valence-corrected chi connectivity index (χ3v) is 3.63. The molecule has 0 aliphatic rings. The summed E-state index contributed by atoms with van der Waals surface area (Å²) < 4.78 is 8.50. The van der Waals surface area contributed by atoms with E-state index in [-0.39, 0.29) is 6.10 Å². The molecule has 0 saturated carbocycles. The van der Waals surface area contributed by atoms with E-state index in [1.165, 1.54) is 5.56 Å². The zero-order valence-corrected chi connectivity index (χ0v) is 12.8. The Morgan fingerprint density at radius 1 is 1.50 bits per heavy atom. The number of nitrogens with zero attached hydrogens (tertiary/aromatic N) is 2. The normalized spacial score (nSPS) is 12.2. The molecular weight excluding hydrogens is 270 g/mol. The molecule has 2 aromatic rings. The molecule has 0 aliphatic carbocycles. The molecule has 0 radical (unpaired) electrons. The number of ether oxygens (including phenoxy) is 1. The van der Waals surface area contributed by atoms with Gasteiger partial charge in [-0.3, -0.25) is 9.67 Å². The molecule has 1 aromatic heterocycles. The molecule has 5 heteroatoms. The quantitative estimate of drug-likeness (QED) is 0.671. The van der Waals surface area contributed by atoms with Crippen LogP contribution in [-0.2, 0) is 6.54 Å². The summed E-state index contributed by atoms with van der Waals surface area (Å²) in [7, 11) is 0. The molecule has 1 heterocycles. The smallest absolute Gasteiger partial charge is 0.195 e. The second-order valence-electron chi connectivity index (χ2n) is 4.74. The van der Waals surface area contributed by atoms with E-state index >= 15 is 0 Å². The van der Waals surface area contributed by atoms with Gasteiger partial charge < -0.3 is 4.74 Å². The Bertz CT molecular complexity index is 672. The molecule has 2 rings (SSSR count). The molecule has 0 aliphatic heterocycles. The van der Waals surface area contributed by atoms with Gasteiger partial charge in [-0.1, -0.05) is 18.2 Å². The summed E-state index contributed by atoms with van der Waals surface area (Å²) in [5.41, 5.74) is 2.35. The van der Waals surface area contributed by atoms with Crippen molar-refractivity contribution in [2.45, 2.75) is 33.4 Å². The van der Waals surface area contributed by atoms with Gasteiger partial charge in [0.05, 0.1) is 0 Å². The number of hydrogen-bond acceptors (Lipinski definition) is 3. The van der Waals surface area contributed by atoms with Gasteiger partial charge >= 0.3 is 0 Å². The lowest BCUT2D eigenvalue weighted by molar-refractivity contribution is 0.209. The zero-order valence-electron chi connectivity index (χ0n) is 12.0. The number of nitrogens with one attached hydrogen (secondary N) is 1. The van der Waals surface area contributed by atoms with Crippen LogP contribution in [0.1, 0.15) is 30.0 Å². The van der Waals surface area contributed by atoms with Crippen LogP contribution >= 0.6 is 12.2 Å². The lowest BCUT2D eigenvalue weighted by atomic mass is 10.1. The minimum absolute atomic E-state index is 0.191. The summed E-state index contributed by atoms with van der Waals surface area (Å²) >= 11 is 5.21. The topological polar surface area (TPSA) is 42.8 Å². The first-order valence-electron chi connectivity index (χ1n) is 6.53. The summed E-state index contributed by atoms with van der Waals surface area (Å²) in [4.78, 5) is 0. The van der Waals surface area contributed by atoms with Crippen molar-refractivity contribution < 1.29 is 4.74 Å². The molecule has 20 heavy (non-hydrogen) atoms. The van der Waals surface area contributed by atoms with Crippen LogP contribution in [0.2, 0.25) is 0 Å². The highest BCUT2D eigenvalue weighted by Crippen LogP contribution is 2.26. The Hall–Kier alpha value is -1.88. The third kappa shape index (κ3) is 2.82. The number of rotatable bonds is 5. The van der Waals surface area contributed by atoms with Crippen molar-refractivity contribution >= 4 is 12.2 Å². The number of aromatic nitrogens is 3. The third-order valence-electron chi connectivity index (χ3n) is 3.32. The molecule has 0 amide bonds. The maximum absolute atomic E-state index is 6.03. The fourth-order valence-corrected chi connectivity index (χ4v) is 2.25. The second kappa shape index (κ2) is 6.05. The summed E-state index contributed by atoms with van der Waals surface area (Å²) in [5, 5.41) is 7.06. The van der Waals surface area contributed by atoms with Crippen molar-refractivity contribution in [1.29, 1.82) is 0 Å². The fraction of sp³-hybridized carbons (Fsp3) is 0.333. The van der Waals surface area contributed by atoms with Crippen LogP contribution in [0.3, 0.4) is 0 Å². The van der Waals surface area contributed by atoms with Gasteiger partial charge in [-0.25, -0.2) is 0 Å². The van der Waals surface area contributed by atoms with E-state index in [2.05, 4.69) is 36.7 Å². The molecular formula is C15H19N3OS. The predicted octanol–water partition coefficient (Wildman–Crippen LogP) is 3.88. The molecule has 0 fully saturated rings. The van der Waals surface area contributed by atoms with Gasteiger partial charge in [-0.15, -0.1) is 6.58 Å². The van der Waals surface area contributed by atoms with Crippen LogP contribution in [0.5, 0.6) is 5.75 Å². The largest absolute Gasteiger partial charge is 0.482 e. The molecule has 0 unspecified atom stereocenters. The number of aryl methyl sites for hydroxylation is 1. The summed E-state index contributed by atoms with van der Waals surface area (Å²) in [5.74, 6) is 1.65. The number of hydrogen-bond donors (Lipinski definition) is 1. The van der Waals surface area contributed by atoms with E-state index in [1.54, 1.807) is 6.08 Å². The van der Waals surface area contributed by atoms with E-state index in [1.807, 2.05) is 23.6 Å². The SMILES string of the molecule is C=CCn1c([C@H](C)Oc2cccc(C)c2C)n[nH]c1=S. The summed E-state index contributed by atoms with van der Waals surface area (Å²) in [6.45, 7) is 10.4. The zero-order chi connectivity index (χ0) is 14.7. The number of H-pyrrole nitrogens is 1. The maximum Gasteiger partial charge on any atom is 0.195 e. The van der Waals surface area contributed by atoms with Gasteiger partial charge in [0, 0.05) is 6.54 Å². The number of aromatic amines is 1. The lowest BCUT2D eigenvalue weighted by Gasteiger charge is -2.17. The molecule has 1 aromatic carbocycles. The summed E-state index contributed by atoms with van der Waals surface area (Å²) in [6, 6.07) is 6.03. The Labute approximate surface area is 124 Å². The Morgan fingerprint density at radius 2 is 2.25 bits per heavy atom. The van der Waals surface area contributed by atoms with E-state index in [0.717, 1.165) is 17.1 Å². The first-order chi connectivity index (χ1) is 9.54. The predicted molar refractivity (Wildman–Crippen MR) is 82.6 cm³/mol. The van der Waals surface area contributed by atoms with E-state index < -0.39 is 0 Å². The van der Waals surface area contributed by atoms with Crippen molar-refractivity contribution in [2.75, 3.05) is 0 Å². The van der Waals surface area contributed by atoms with E-state index in [0.29, 0.717) is 11.3 Å². The number of benzene rings is 1. The minimum Gasteiger partial charge on any atom is -0.482 e. The van der Waals surface area contributed by atoms with Crippen LogP contribution in [-0.4, -0.2) is 14.8 Å². The Morgan fingerprint density at radius 3 is 2.95 bits per heavy atom. The average molecular weight is 289 g/mol. The second-order valence-corrected chi connectivity index (χ2v) is 5.13. The van der Waals surface area contributed by atoms with Gasteiger partial charge in [0.1, 0.15) is 5.75 Å². The van der Waals surface area contributed by atoms with E-state index in [4.69, 9.17) is 17.0 Å². The van der Waals surface area contributed by atoms with Crippen molar-refractivity contribution in [3.8, 4) is 5.75 Å². The van der Waals surface area contributed by atoms with Gasteiger partial charge in [0.15, 0.2) is 16.7 Å². The maximum atomic E-state index is 6.03. The van der Waals surface area contributed by atoms with Crippen molar-refractivity contribution in [3.63, 3.8) is 0 Å². The highest BCUT2D eigenvalue weighted by Gasteiger charge is 2.16. The van der Waals surface area contributed by atoms with Crippen LogP contribution in [0.25, 0.3) is 0 Å². The van der Waals surface area contributed by atoms with Crippen LogP contribution in [0.4, 0.5) is 0 Å². The molecule has 4 nitrogen and oxygen atoms in total. The lowest BCUT2D eigenvalue weighted by Crippen LogP contribution is -2.12. The van der Waals surface area contributed by atoms with Crippen LogP contribution in [0, 0.1) is 18.6 Å². The Kier molecular flexibility index (Phi) is 4.39. The highest BCUT2D eigenvalue weighted by molar-refractivity contribution is 7.71. The first kappa shape index (κ1) is 14.5. The molecule has 106 valence electrons. The van der Waals surface area contributed by atoms with Crippen LogP contribution < -0.4 is 4.74 Å². The van der Waals surface area contributed by atoms with Gasteiger partial charge in [0.25, 0.3) is 0 Å². The highest BCUT2D eigenvalue weighted by atomic mass is 32.1. The molecule has 1 N–H and O–H groups in total. The van der Waals surface area contributed by atoms with Gasteiger partial charge in [-0.2, -0.15) is 5.10 Å².